The van der Waals surface area contributed by atoms with Crippen molar-refractivity contribution < 1.29 is 14.3 Å². The number of benzene rings is 1. The summed E-state index contributed by atoms with van der Waals surface area (Å²) in [6, 6.07) is 9.85. The Labute approximate surface area is 131 Å². The molecule has 2 rings (SSSR count). The Balaban J connectivity index is 2.12. The highest BCUT2D eigenvalue weighted by atomic mass is 16.5. The smallest absolute Gasteiger partial charge is 0.316 e. The summed E-state index contributed by atoms with van der Waals surface area (Å²) in [5.41, 5.74) is 5.65. The molecule has 0 bridgehead atoms. The second-order valence-electron chi connectivity index (χ2n) is 5.73. The normalized spacial score (nSPS) is 17.9. The molecule has 0 atom stereocenters. The van der Waals surface area contributed by atoms with Crippen molar-refractivity contribution in [3.63, 3.8) is 0 Å². The van der Waals surface area contributed by atoms with Crippen LogP contribution in [-0.4, -0.2) is 43.0 Å². The highest BCUT2D eigenvalue weighted by molar-refractivity contribution is 5.83. The van der Waals surface area contributed by atoms with Gasteiger partial charge in [0.05, 0.1) is 12.0 Å². The minimum atomic E-state index is -0.569. The molecule has 5 heteroatoms. The predicted octanol–water partition coefficient (Wildman–Crippen LogP) is 1.46. The fourth-order valence-electron chi connectivity index (χ4n) is 3.06. The maximum absolute atomic E-state index is 12.6. The van der Waals surface area contributed by atoms with Crippen LogP contribution in [-0.2, 0) is 19.7 Å². The maximum Gasteiger partial charge on any atom is 0.316 e. The van der Waals surface area contributed by atoms with Crippen LogP contribution in [0.15, 0.2) is 30.3 Å². The first kappa shape index (κ1) is 16.5. The van der Waals surface area contributed by atoms with Crippen molar-refractivity contribution in [2.75, 3.05) is 26.2 Å². The number of piperidine rings is 1. The van der Waals surface area contributed by atoms with Crippen LogP contribution < -0.4 is 5.73 Å². The quantitative estimate of drug-likeness (QED) is 0.808. The minimum Gasteiger partial charge on any atom is -0.465 e. The first-order valence-electron chi connectivity index (χ1n) is 7.82. The average molecular weight is 304 g/mol. The van der Waals surface area contributed by atoms with E-state index in [0.717, 1.165) is 18.7 Å². The summed E-state index contributed by atoms with van der Waals surface area (Å²) < 4.78 is 5.34. The highest BCUT2D eigenvalue weighted by Gasteiger charge is 2.44. The van der Waals surface area contributed by atoms with Gasteiger partial charge < -0.3 is 15.4 Å². The molecule has 1 aliphatic rings. The van der Waals surface area contributed by atoms with Gasteiger partial charge in [-0.25, -0.2) is 0 Å². The topological polar surface area (TPSA) is 72.6 Å². The lowest BCUT2D eigenvalue weighted by Gasteiger charge is -2.40. The number of nitrogens with two attached hydrogens (primary N) is 1. The number of likely N-dealkylation sites (tertiary alicyclic amines) is 1. The van der Waals surface area contributed by atoms with Crippen LogP contribution in [0.3, 0.4) is 0 Å². The molecule has 22 heavy (non-hydrogen) atoms. The van der Waals surface area contributed by atoms with Gasteiger partial charge in [-0.2, -0.15) is 0 Å². The van der Waals surface area contributed by atoms with Crippen molar-refractivity contribution in [3.8, 4) is 0 Å². The molecule has 1 fully saturated rings. The fourth-order valence-corrected chi connectivity index (χ4v) is 3.06. The first-order chi connectivity index (χ1) is 10.6. The number of carbonyl (C=O) groups excluding carboxylic acids is 2. The second kappa shape index (κ2) is 7.40. The zero-order valence-electron chi connectivity index (χ0n) is 13.1. The molecule has 1 aromatic rings. The van der Waals surface area contributed by atoms with E-state index in [1.807, 2.05) is 37.3 Å². The average Bonchev–Trinajstić information content (AvgIpc) is 2.54. The standard InChI is InChI=1S/C17H24N2O3/c1-2-22-16(21)17(14-6-4-3-5-7-14)9-12-19(13-10-17)11-8-15(18)20/h3-7H,2,8-13H2,1H3,(H2,18,20). The van der Waals surface area contributed by atoms with Gasteiger partial charge in [0.1, 0.15) is 0 Å². The summed E-state index contributed by atoms with van der Waals surface area (Å²) in [7, 11) is 0. The molecule has 0 aliphatic carbocycles. The highest BCUT2D eigenvalue weighted by Crippen LogP contribution is 2.36. The third-order valence-electron chi connectivity index (χ3n) is 4.38. The molecular formula is C17H24N2O3. The van der Waals surface area contributed by atoms with Gasteiger partial charge in [-0.1, -0.05) is 30.3 Å². The molecule has 2 N–H and O–H groups in total. The zero-order chi connectivity index (χ0) is 16.0. The molecule has 120 valence electrons. The number of nitrogens with zero attached hydrogens (tertiary/aromatic N) is 1. The number of esters is 1. The van der Waals surface area contributed by atoms with E-state index in [0.29, 0.717) is 32.4 Å². The van der Waals surface area contributed by atoms with Crippen LogP contribution in [0.5, 0.6) is 0 Å². The Hall–Kier alpha value is -1.88. The van der Waals surface area contributed by atoms with E-state index in [1.54, 1.807) is 0 Å². The van der Waals surface area contributed by atoms with Crippen molar-refractivity contribution >= 4 is 11.9 Å². The molecule has 0 aromatic heterocycles. The fraction of sp³-hybridized carbons (Fsp3) is 0.529. The van der Waals surface area contributed by atoms with Gasteiger partial charge >= 0.3 is 5.97 Å². The van der Waals surface area contributed by atoms with Crippen molar-refractivity contribution in [2.45, 2.75) is 31.6 Å². The number of ether oxygens (including phenoxy) is 1. The summed E-state index contributed by atoms with van der Waals surface area (Å²) in [6.07, 6.45) is 1.76. The Morgan fingerprint density at radius 3 is 2.41 bits per heavy atom. The largest absolute Gasteiger partial charge is 0.465 e. The van der Waals surface area contributed by atoms with Crippen molar-refractivity contribution in [3.05, 3.63) is 35.9 Å². The summed E-state index contributed by atoms with van der Waals surface area (Å²) in [5, 5.41) is 0. The van der Waals surface area contributed by atoms with E-state index < -0.39 is 5.41 Å². The third kappa shape index (κ3) is 3.65. The molecule has 1 aromatic carbocycles. The number of hydrogen-bond acceptors (Lipinski definition) is 4. The van der Waals surface area contributed by atoms with Crippen LogP contribution in [0.1, 0.15) is 31.7 Å². The van der Waals surface area contributed by atoms with Gasteiger partial charge in [-0.15, -0.1) is 0 Å². The lowest BCUT2D eigenvalue weighted by molar-refractivity contribution is -0.152. The Kier molecular flexibility index (Phi) is 5.55. The summed E-state index contributed by atoms with van der Waals surface area (Å²) in [4.78, 5) is 25.7. The van der Waals surface area contributed by atoms with Gasteiger partial charge in [-0.3, -0.25) is 9.59 Å². The predicted molar refractivity (Wildman–Crippen MR) is 84.2 cm³/mol. The van der Waals surface area contributed by atoms with Gasteiger partial charge in [0.15, 0.2) is 0 Å². The van der Waals surface area contributed by atoms with Crippen LogP contribution in [0.4, 0.5) is 0 Å². The molecule has 0 saturated carbocycles. The molecule has 1 saturated heterocycles. The first-order valence-corrected chi connectivity index (χ1v) is 7.82. The summed E-state index contributed by atoms with van der Waals surface area (Å²) in [6.45, 7) is 4.41. The van der Waals surface area contributed by atoms with Gasteiger partial charge in [0, 0.05) is 13.0 Å². The molecule has 0 unspecified atom stereocenters. The van der Waals surface area contributed by atoms with Gasteiger partial charge in [-0.05, 0) is 38.4 Å². The molecule has 1 amide bonds. The van der Waals surface area contributed by atoms with Gasteiger partial charge in [0.25, 0.3) is 0 Å². The summed E-state index contributed by atoms with van der Waals surface area (Å²) >= 11 is 0. The lowest BCUT2D eigenvalue weighted by Crippen LogP contribution is -2.48. The Bertz CT molecular complexity index is 508. The molecule has 1 aliphatic heterocycles. The van der Waals surface area contributed by atoms with E-state index in [1.165, 1.54) is 0 Å². The number of amides is 1. The molecule has 0 radical (unpaired) electrons. The zero-order valence-corrected chi connectivity index (χ0v) is 13.1. The monoisotopic (exact) mass is 304 g/mol. The van der Waals surface area contributed by atoms with Crippen LogP contribution in [0, 0.1) is 0 Å². The van der Waals surface area contributed by atoms with Crippen molar-refractivity contribution in [2.24, 2.45) is 5.73 Å². The SMILES string of the molecule is CCOC(=O)C1(c2ccccc2)CCN(CCC(N)=O)CC1. The summed E-state index contributed by atoms with van der Waals surface area (Å²) in [5.74, 6) is -0.430. The number of carbonyl (C=O) groups is 2. The Morgan fingerprint density at radius 1 is 1.23 bits per heavy atom. The number of rotatable bonds is 6. The van der Waals surface area contributed by atoms with E-state index in [2.05, 4.69) is 4.90 Å². The maximum atomic E-state index is 12.6. The van der Waals surface area contributed by atoms with Crippen LogP contribution in [0.2, 0.25) is 0 Å². The molecule has 0 spiro atoms. The molecular weight excluding hydrogens is 280 g/mol. The second-order valence-corrected chi connectivity index (χ2v) is 5.73. The van der Waals surface area contributed by atoms with E-state index in [-0.39, 0.29) is 11.9 Å². The van der Waals surface area contributed by atoms with Gasteiger partial charge in [0.2, 0.25) is 5.91 Å². The van der Waals surface area contributed by atoms with Crippen molar-refractivity contribution in [1.29, 1.82) is 0 Å². The van der Waals surface area contributed by atoms with E-state index in [4.69, 9.17) is 10.5 Å². The lowest BCUT2D eigenvalue weighted by atomic mass is 9.72. The van der Waals surface area contributed by atoms with Crippen LogP contribution in [0.25, 0.3) is 0 Å². The van der Waals surface area contributed by atoms with E-state index in [9.17, 15) is 9.59 Å². The molecule has 5 nitrogen and oxygen atoms in total. The van der Waals surface area contributed by atoms with Crippen LogP contribution >= 0.6 is 0 Å². The Morgan fingerprint density at radius 2 is 1.86 bits per heavy atom. The molecule has 1 heterocycles. The van der Waals surface area contributed by atoms with Crippen molar-refractivity contribution in [1.82, 2.24) is 4.90 Å². The minimum absolute atomic E-state index is 0.143. The van der Waals surface area contributed by atoms with E-state index >= 15 is 0 Å². The number of hydrogen-bond donors (Lipinski definition) is 1. The number of primary amides is 1. The third-order valence-corrected chi connectivity index (χ3v) is 4.38.